The van der Waals surface area contributed by atoms with Gasteiger partial charge in [-0.1, -0.05) is 34.7 Å². The molecule has 3 rings (SSSR count). The van der Waals surface area contributed by atoms with E-state index in [0.717, 1.165) is 21.5 Å². The van der Waals surface area contributed by atoms with Crippen molar-refractivity contribution in [2.45, 2.75) is 4.34 Å². The van der Waals surface area contributed by atoms with Crippen molar-refractivity contribution in [2.75, 3.05) is 18.2 Å². The Labute approximate surface area is 169 Å². The predicted molar refractivity (Wildman–Crippen MR) is 110 cm³/mol. The van der Waals surface area contributed by atoms with E-state index in [1.54, 1.807) is 48.2 Å². The van der Waals surface area contributed by atoms with Gasteiger partial charge in [-0.15, -0.1) is 5.10 Å². The van der Waals surface area contributed by atoms with Crippen LogP contribution in [0.1, 0.15) is 0 Å². The molecule has 0 saturated heterocycles. The lowest BCUT2D eigenvalue weighted by Crippen LogP contribution is -2.13. The number of aromatic nitrogens is 2. The van der Waals surface area contributed by atoms with E-state index in [1.807, 2.05) is 12.1 Å². The monoisotopic (exact) mass is 423 g/mol. The molecule has 9 heteroatoms. The zero-order chi connectivity index (χ0) is 18.5. The third-order valence-corrected chi connectivity index (χ3v) is 5.92. The Bertz CT molecular complexity index is 953. The summed E-state index contributed by atoms with van der Waals surface area (Å²) in [5, 5.41) is 7.96. The van der Waals surface area contributed by atoms with Crippen LogP contribution in [0.3, 0.4) is 0 Å². The second-order valence-electron chi connectivity index (χ2n) is 5.09. The van der Waals surface area contributed by atoms with Crippen LogP contribution in [0.15, 0.2) is 52.9 Å². The molecule has 0 fully saturated rings. The molecule has 0 aliphatic carbocycles. The van der Waals surface area contributed by atoms with Gasteiger partial charge in [0, 0.05) is 10.7 Å². The number of anilines is 1. The van der Waals surface area contributed by atoms with Crippen LogP contribution in [-0.4, -0.2) is 28.6 Å². The molecule has 0 spiro atoms. The third-order valence-electron chi connectivity index (χ3n) is 3.30. The zero-order valence-corrected chi connectivity index (χ0v) is 16.8. The van der Waals surface area contributed by atoms with Gasteiger partial charge in [-0.05, 0) is 60.7 Å². The van der Waals surface area contributed by atoms with E-state index in [1.165, 1.54) is 23.1 Å². The van der Waals surface area contributed by atoms with Crippen LogP contribution >= 0.6 is 46.9 Å². The van der Waals surface area contributed by atoms with Crippen LogP contribution in [0.5, 0.6) is 5.75 Å². The summed E-state index contributed by atoms with van der Waals surface area (Å²) in [6.07, 6.45) is 0. The number of ether oxygens (including phenoxy) is 1. The third kappa shape index (κ3) is 4.85. The van der Waals surface area contributed by atoms with Gasteiger partial charge >= 0.3 is 0 Å². The first-order chi connectivity index (χ1) is 12.5. The molecule has 1 heterocycles. The highest BCUT2D eigenvalue weighted by Gasteiger charge is 2.10. The molecule has 5 nitrogen and oxygen atoms in total. The van der Waals surface area contributed by atoms with E-state index in [9.17, 15) is 4.79 Å². The molecule has 0 aliphatic heterocycles. The van der Waals surface area contributed by atoms with Crippen molar-refractivity contribution in [2.24, 2.45) is 0 Å². The highest BCUT2D eigenvalue weighted by atomic mass is 35.5. The number of amides is 1. The molecule has 1 aromatic heterocycles. The molecular formula is C17H14ClN3O2S3. The fourth-order valence-electron chi connectivity index (χ4n) is 2.06. The number of benzene rings is 2. The fraction of sp³-hybridized carbons (Fsp3) is 0.118. The molecule has 0 saturated carbocycles. The summed E-state index contributed by atoms with van der Waals surface area (Å²) in [5.41, 5.74) is 1.56. The van der Waals surface area contributed by atoms with Gasteiger partial charge in [0.1, 0.15) is 5.75 Å². The summed E-state index contributed by atoms with van der Waals surface area (Å²) in [6.45, 7) is 0. The van der Waals surface area contributed by atoms with Gasteiger partial charge in [-0.3, -0.25) is 4.79 Å². The molecule has 0 aliphatic rings. The minimum Gasteiger partial charge on any atom is -0.497 e. The maximum Gasteiger partial charge on any atom is 0.234 e. The van der Waals surface area contributed by atoms with E-state index in [0.29, 0.717) is 8.98 Å². The van der Waals surface area contributed by atoms with Crippen molar-refractivity contribution in [1.29, 1.82) is 0 Å². The normalized spacial score (nSPS) is 10.5. The average molecular weight is 424 g/mol. The van der Waals surface area contributed by atoms with Crippen molar-refractivity contribution >= 4 is 58.5 Å². The minimum atomic E-state index is -0.112. The van der Waals surface area contributed by atoms with E-state index < -0.39 is 0 Å². The number of carbonyl (C=O) groups is 1. The Balaban J connectivity index is 1.60. The second-order valence-corrected chi connectivity index (χ2v) is 8.37. The Kier molecular flexibility index (Phi) is 6.31. The number of nitrogens with zero attached hydrogens (tertiary/aromatic N) is 2. The maximum atomic E-state index is 12.1. The fourth-order valence-corrected chi connectivity index (χ4v) is 4.35. The molecule has 0 radical (unpaired) electrons. The molecule has 134 valence electrons. The first kappa shape index (κ1) is 18.9. The Morgan fingerprint density at radius 3 is 2.62 bits per heavy atom. The molecule has 2 aromatic carbocycles. The largest absolute Gasteiger partial charge is 0.497 e. The summed E-state index contributed by atoms with van der Waals surface area (Å²) in [4.78, 5) is 12.1. The predicted octanol–water partition coefficient (Wildman–Crippen LogP) is 5.06. The quantitative estimate of drug-likeness (QED) is 0.443. The van der Waals surface area contributed by atoms with E-state index in [4.69, 9.17) is 28.6 Å². The number of thioether (sulfide) groups is 1. The summed E-state index contributed by atoms with van der Waals surface area (Å²) in [5.74, 6) is 0.874. The van der Waals surface area contributed by atoms with Gasteiger partial charge in [-0.2, -0.15) is 0 Å². The van der Waals surface area contributed by atoms with Gasteiger partial charge in [0.25, 0.3) is 0 Å². The van der Waals surface area contributed by atoms with Crippen molar-refractivity contribution in [3.05, 3.63) is 57.5 Å². The smallest absolute Gasteiger partial charge is 0.234 e. The molecule has 0 bridgehead atoms. The number of methoxy groups -OCH3 is 1. The first-order valence-electron chi connectivity index (χ1n) is 7.48. The molecule has 26 heavy (non-hydrogen) atoms. The Morgan fingerprint density at radius 2 is 1.96 bits per heavy atom. The number of hydrogen-bond donors (Lipinski definition) is 1. The molecule has 0 unspecified atom stereocenters. The SMILES string of the molecule is COc1ccc(NC(=O)CSc2nn(-c3ccc(Cl)cc3)c(=S)s2)cc1. The Hall–Kier alpha value is -1.87. The lowest BCUT2D eigenvalue weighted by molar-refractivity contribution is -0.113. The van der Waals surface area contributed by atoms with Crippen LogP contribution in [0.2, 0.25) is 5.02 Å². The van der Waals surface area contributed by atoms with Crippen LogP contribution in [-0.2, 0) is 4.79 Å². The zero-order valence-electron chi connectivity index (χ0n) is 13.6. The topological polar surface area (TPSA) is 56.1 Å². The lowest BCUT2D eigenvalue weighted by atomic mass is 10.3. The highest BCUT2D eigenvalue weighted by Crippen LogP contribution is 2.25. The van der Waals surface area contributed by atoms with Gasteiger partial charge in [-0.25, -0.2) is 4.68 Å². The van der Waals surface area contributed by atoms with Gasteiger partial charge in [0.2, 0.25) is 5.91 Å². The number of carbonyl (C=O) groups excluding carboxylic acids is 1. The Morgan fingerprint density at radius 1 is 1.27 bits per heavy atom. The minimum absolute atomic E-state index is 0.112. The van der Waals surface area contributed by atoms with Gasteiger partial charge < -0.3 is 10.1 Å². The molecule has 0 atom stereocenters. The van der Waals surface area contributed by atoms with Crippen molar-refractivity contribution in [1.82, 2.24) is 9.78 Å². The van der Waals surface area contributed by atoms with E-state index in [2.05, 4.69) is 10.4 Å². The molecule has 1 N–H and O–H groups in total. The first-order valence-corrected chi connectivity index (χ1v) is 10.1. The standard InChI is InChI=1S/C17H14ClN3O2S3/c1-23-14-8-4-12(5-9-14)19-15(22)10-25-16-20-21(17(24)26-16)13-6-2-11(18)3-7-13/h2-9H,10H2,1H3,(H,19,22). The van der Waals surface area contributed by atoms with Gasteiger partial charge in [0.05, 0.1) is 18.6 Å². The summed E-state index contributed by atoms with van der Waals surface area (Å²) in [6, 6.07) is 14.4. The lowest BCUT2D eigenvalue weighted by Gasteiger charge is -2.05. The second kappa shape index (κ2) is 8.68. The van der Waals surface area contributed by atoms with Crippen LogP contribution < -0.4 is 10.1 Å². The van der Waals surface area contributed by atoms with Crippen molar-refractivity contribution < 1.29 is 9.53 Å². The van der Waals surface area contributed by atoms with Crippen LogP contribution in [0.25, 0.3) is 5.69 Å². The number of halogens is 1. The van der Waals surface area contributed by atoms with Gasteiger partial charge in [0.15, 0.2) is 8.29 Å². The molecule has 3 aromatic rings. The molecular weight excluding hydrogens is 410 g/mol. The van der Waals surface area contributed by atoms with Crippen molar-refractivity contribution in [3.8, 4) is 11.4 Å². The van der Waals surface area contributed by atoms with E-state index in [-0.39, 0.29) is 11.7 Å². The van der Waals surface area contributed by atoms with E-state index >= 15 is 0 Å². The number of nitrogens with one attached hydrogen (secondary N) is 1. The number of hydrogen-bond acceptors (Lipinski definition) is 6. The summed E-state index contributed by atoms with van der Waals surface area (Å²) >= 11 is 14.0. The highest BCUT2D eigenvalue weighted by molar-refractivity contribution is 8.01. The molecule has 1 amide bonds. The summed E-state index contributed by atoms with van der Waals surface area (Å²) in [7, 11) is 1.60. The number of rotatable bonds is 6. The summed E-state index contributed by atoms with van der Waals surface area (Å²) < 4.78 is 8.11. The average Bonchev–Trinajstić information content (AvgIpc) is 3.02. The van der Waals surface area contributed by atoms with Crippen LogP contribution in [0, 0.1) is 3.95 Å². The maximum absolute atomic E-state index is 12.1. The van der Waals surface area contributed by atoms with Crippen molar-refractivity contribution in [3.63, 3.8) is 0 Å². The van der Waals surface area contributed by atoms with Crippen LogP contribution in [0.4, 0.5) is 5.69 Å².